The Kier molecular flexibility index (Phi) is 5.00. The van der Waals surface area contributed by atoms with Gasteiger partial charge < -0.3 is 20.5 Å². The summed E-state index contributed by atoms with van der Waals surface area (Å²) < 4.78 is 0. The summed E-state index contributed by atoms with van der Waals surface area (Å²) in [6, 6.07) is 5.61. The third-order valence-electron chi connectivity index (χ3n) is 4.53. The molecule has 0 fully saturated rings. The topological polar surface area (TPSA) is 90.1 Å². The van der Waals surface area contributed by atoms with Crippen molar-refractivity contribution >= 4 is 50.9 Å². The number of rotatable bonds is 4. The van der Waals surface area contributed by atoms with Crippen molar-refractivity contribution in [2.24, 2.45) is 0 Å². The molecule has 3 N–H and O–H groups in total. The molecular weight excluding hydrogens is 386 g/mol. The number of benzene rings is 1. The summed E-state index contributed by atoms with van der Waals surface area (Å²) in [5.41, 5.74) is 3.29. The Bertz CT molecular complexity index is 985. The Morgan fingerprint density at radius 3 is 3.07 bits per heavy atom. The third kappa shape index (κ3) is 3.91. The van der Waals surface area contributed by atoms with Crippen LogP contribution in [0.1, 0.15) is 17.7 Å². The van der Waals surface area contributed by atoms with Gasteiger partial charge in [-0.1, -0.05) is 11.6 Å². The predicted octanol–water partition coefficient (Wildman–Crippen LogP) is 3.37. The highest BCUT2D eigenvalue weighted by Gasteiger charge is 2.23. The van der Waals surface area contributed by atoms with E-state index in [-0.39, 0.29) is 24.9 Å². The number of carbonyl (C=O) groups excluding carboxylic acids is 2. The zero-order valence-corrected chi connectivity index (χ0v) is 16.0. The van der Waals surface area contributed by atoms with Crippen LogP contribution in [0.3, 0.4) is 0 Å². The third-order valence-corrected chi connectivity index (χ3v) is 5.46. The van der Waals surface area contributed by atoms with Crippen molar-refractivity contribution in [3.8, 4) is 0 Å². The summed E-state index contributed by atoms with van der Waals surface area (Å²) in [7, 11) is 0. The molecule has 3 amide bonds. The molecule has 9 heteroatoms. The molecule has 0 aliphatic carbocycles. The molecule has 140 valence electrons. The van der Waals surface area contributed by atoms with Crippen molar-refractivity contribution in [3.63, 3.8) is 0 Å². The zero-order valence-electron chi connectivity index (χ0n) is 14.4. The largest absolute Gasteiger partial charge is 0.357 e. The fourth-order valence-electron chi connectivity index (χ4n) is 3.25. The number of urea groups is 1. The number of aromatic amines is 1. The minimum atomic E-state index is -0.168. The van der Waals surface area contributed by atoms with Crippen LogP contribution in [0.5, 0.6) is 0 Å². The zero-order chi connectivity index (χ0) is 18.8. The van der Waals surface area contributed by atoms with E-state index < -0.39 is 0 Å². The number of hydrogen-bond donors (Lipinski definition) is 3. The molecule has 0 radical (unpaired) electrons. The van der Waals surface area contributed by atoms with Crippen LogP contribution in [-0.2, 0) is 17.8 Å². The van der Waals surface area contributed by atoms with Crippen LogP contribution in [0.4, 0.5) is 9.93 Å². The van der Waals surface area contributed by atoms with E-state index in [0.717, 1.165) is 23.0 Å². The number of hydrogen-bond acceptors (Lipinski definition) is 4. The fourth-order valence-corrected chi connectivity index (χ4v) is 3.97. The molecule has 0 spiro atoms. The highest BCUT2D eigenvalue weighted by molar-refractivity contribution is 7.13. The molecule has 3 heterocycles. The van der Waals surface area contributed by atoms with E-state index in [1.807, 2.05) is 18.2 Å². The molecule has 0 saturated heterocycles. The second kappa shape index (κ2) is 7.58. The number of anilines is 1. The molecule has 2 aromatic heterocycles. The molecule has 0 atom stereocenters. The van der Waals surface area contributed by atoms with Crippen LogP contribution in [0.25, 0.3) is 10.9 Å². The fraction of sp³-hybridized carbons (Fsp3) is 0.278. The van der Waals surface area contributed by atoms with E-state index >= 15 is 0 Å². The van der Waals surface area contributed by atoms with Crippen molar-refractivity contribution in [2.75, 3.05) is 18.4 Å². The average Bonchev–Trinajstić information content (AvgIpc) is 3.28. The maximum atomic E-state index is 12.4. The first-order chi connectivity index (χ1) is 13.1. The first kappa shape index (κ1) is 17.8. The van der Waals surface area contributed by atoms with Crippen LogP contribution < -0.4 is 10.6 Å². The quantitative estimate of drug-likeness (QED) is 0.623. The minimum Gasteiger partial charge on any atom is -0.357 e. The molecular formula is C18H18ClN5O2S. The lowest BCUT2D eigenvalue weighted by Crippen LogP contribution is -2.43. The number of fused-ring (bicyclic) bond motifs is 3. The second-order valence-electron chi connectivity index (χ2n) is 6.31. The molecule has 1 aromatic carbocycles. The van der Waals surface area contributed by atoms with Gasteiger partial charge in [-0.15, -0.1) is 11.3 Å². The summed E-state index contributed by atoms with van der Waals surface area (Å²) >= 11 is 7.46. The molecule has 0 unspecified atom stereocenters. The van der Waals surface area contributed by atoms with Crippen LogP contribution >= 0.6 is 22.9 Å². The molecule has 7 nitrogen and oxygen atoms in total. The van der Waals surface area contributed by atoms with E-state index in [1.54, 1.807) is 16.5 Å². The maximum absolute atomic E-state index is 12.4. The van der Waals surface area contributed by atoms with Gasteiger partial charge in [0.15, 0.2) is 5.13 Å². The number of carbonyl (C=O) groups is 2. The van der Waals surface area contributed by atoms with Crippen LogP contribution in [0.2, 0.25) is 5.02 Å². The standard InChI is InChI=1S/C18H18ClN5O2S/c19-11-1-2-14-13(9-11)12-4-7-24(10-15(12)22-14)18(26)21-5-3-16(25)23-17-20-6-8-27-17/h1-2,6,8-9,22H,3-5,7,10H2,(H,21,26)(H,20,23,25). The monoisotopic (exact) mass is 403 g/mol. The predicted molar refractivity (Wildman–Crippen MR) is 106 cm³/mol. The summed E-state index contributed by atoms with van der Waals surface area (Å²) in [5.74, 6) is -0.168. The van der Waals surface area contributed by atoms with Crippen molar-refractivity contribution in [2.45, 2.75) is 19.4 Å². The van der Waals surface area contributed by atoms with Gasteiger partial charge in [-0.25, -0.2) is 9.78 Å². The lowest BCUT2D eigenvalue weighted by atomic mass is 10.0. The number of halogens is 1. The number of amides is 3. The Labute approximate surface area is 164 Å². The van der Waals surface area contributed by atoms with E-state index in [1.165, 1.54) is 16.9 Å². The first-order valence-electron chi connectivity index (χ1n) is 8.61. The van der Waals surface area contributed by atoms with Gasteiger partial charge in [-0.3, -0.25) is 4.79 Å². The van der Waals surface area contributed by atoms with Crippen LogP contribution in [0.15, 0.2) is 29.8 Å². The van der Waals surface area contributed by atoms with E-state index in [9.17, 15) is 9.59 Å². The second-order valence-corrected chi connectivity index (χ2v) is 7.64. The Balaban J connectivity index is 1.31. The van der Waals surface area contributed by atoms with Gasteiger partial charge in [0.1, 0.15) is 0 Å². The van der Waals surface area contributed by atoms with Crippen LogP contribution in [0, 0.1) is 0 Å². The highest BCUT2D eigenvalue weighted by atomic mass is 35.5. The van der Waals surface area contributed by atoms with Gasteiger partial charge in [-0.05, 0) is 30.2 Å². The van der Waals surface area contributed by atoms with Crippen molar-refractivity contribution in [1.82, 2.24) is 20.2 Å². The SMILES string of the molecule is O=C(CCNC(=O)N1CCc2c([nH]c3ccc(Cl)cc23)C1)Nc1nccs1. The van der Waals surface area contributed by atoms with E-state index in [2.05, 4.69) is 20.6 Å². The van der Waals surface area contributed by atoms with Crippen molar-refractivity contribution in [3.05, 3.63) is 46.1 Å². The number of thiazole rings is 1. The number of nitrogens with one attached hydrogen (secondary N) is 3. The molecule has 0 saturated carbocycles. The minimum absolute atomic E-state index is 0.167. The molecule has 3 aromatic rings. The van der Waals surface area contributed by atoms with Gasteiger partial charge in [0, 0.05) is 52.7 Å². The molecule has 4 rings (SSSR count). The maximum Gasteiger partial charge on any atom is 0.317 e. The van der Waals surface area contributed by atoms with Gasteiger partial charge in [-0.2, -0.15) is 0 Å². The summed E-state index contributed by atoms with van der Waals surface area (Å²) in [4.78, 5) is 33.4. The number of H-pyrrole nitrogens is 1. The van der Waals surface area contributed by atoms with Gasteiger partial charge in [0.25, 0.3) is 0 Å². The molecule has 1 aliphatic heterocycles. The van der Waals surface area contributed by atoms with Gasteiger partial charge in [0.2, 0.25) is 5.91 Å². The summed E-state index contributed by atoms with van der Waals surface area (Å²) in [6.45, 7) is 1.42. The van der Waals surface area contributed by atoms with Crippen molar-refractivity contribution in [1.29, 1.82) is 0 Å². The van der Waals surface area contributed by atoms with Crippen LogP contribution in [-0.4, -0.2) is 39.9 Å². The molecule has 0 bridgehead atoms. The van der Waals surface area contributed by atoms with E-state index in [4.69, 9.17) is 11.6 Å². The summed E-state index contributed by atoms with van der Waals surface area (Å²) in [6.07, 6.45) is 2.60. The Hall–Kier alpha value is -2.58. The normalized spacial score (nSPS) is 13.4. The van der Waals surface area contributed by atoms with E-state index in [0.29, 0.717) is 23.2 Å². The first-order valence-corrected chi connectivity index (χ1v) is 9.87. The van der Waals surface area contributed by atoms with Crippen molar-refractivity contribution < 1.29 is 9.59 Å². The number of nitrogens with zero attached hydrogens (tertiary/aromatic N) is 2. The Morgan fingerprint density at radius 1 is 1.37 bits per heavy atom. The average molecular weight is 404 g/mol. The smallest absolute Gasteiger partial charge is 0.317 e. The summed E-state index contributed by atoms with van der Waals surface area (Å²) in [5, 5.41) is 9.69. The Morgan fingerprint density at radius 2 is 2.26 bits per heavy atom. The lowest BCUT2D eigenvalue weighted by molar-refractivity contribution is -0.116. The molecule has 27 heavy (non-hydrogen) atoms. The lowest BCUT2D eigenvalue weighted by Gasteiger charge is -2.27. The van der Waals surface area contributed by atoms with Gasteiger partial charge in [0.05, 0.1) is 6.54 Å². The van der Waals surface area contributed by atoms with Gasteiger partial charge >= 0.3 is 6.03 Å². The number of aromatic nitrogens is 2. The highest BCUT2D eigenvalue weighted by Crippen LogP contribution is 2.29. The molecule has 1 aliphatic rings.